The van der Waals surface area contributed by atoms with Crippen LogP contribution in [0.15, 0.2) is 23.4 Å². The Morgan fingerprint density at radius 2 is 2.15 bits per heavy atom. The zero-order chi connectivity index (χ0) is 9.84. The minimum Gasteiger partial charge on any atom is -0.283 e. The predicted molar refractivity (Wildman–Crippen MR) is 48.5 cm³/mol. The highest BCUT2D eigenvalue weighted by atomic mass is 32.2. The molecule has 0 aromatic carbocycles. The third-order valence-corrected chi connectivity index (χ3v) is 2.07. The van der Waals surface area contributed by atoms with Crippen LogP contribution in [0.3, 0.4) is 0 Å². The molecule has 0 aliphatic heterocycles. The monoisotopic (exact) mass is 195 g/mol. The minimum absolute atomic E-state index is 0.165. The molecular formula is C8H7N2O2S. The molecule has 1 heterocycles. The van der Waals surface area contributed by atoms with E-state index in [0.717, 1.165) is 5.03 Å². The fraction of sp³-hybridized carbons (Fsp3) is 0.125. The lowest BCUT2D eigenvalue weighted by molar-refractivity contribution is -0.114. The number of thioether (sulfide) groups is 1. The molecule has 1 aromatic heterocycles. The second-order valence-corrected chi connectivity index (χ2v) is 3.07. The van der Waals surface area contributed by atoms with E-state index in [-0.39, 0.29) is 5.56 Å². The number of rotatable bonds is 3. The van der Waals surface area contributed by atoms with E-state index in [4.69, 9.17) is 5.73 Å². The molecule has 1 rings (SSSR count). The highest BCUT2D eigenvalue weighted by Crippen LogP contribution is 2.11. The van der Waals surface area contributed by atoms with E-state index in [0.29, 0.717) is 0 Å². The van der Waals surface area contributed by atoms with Gasteiger partial charge in [0.2, 0.25) is 0 Å². The molecule has 67 valence electrons. The van der Waals surface area contributed by atoms with E-state index >= 15 is 0 Å². The molecule has 13 heavy (non-hydrogen) atoms. The first-order chi connectivity index (χ1) is 6.15. The molecule has 0 aliphatic rings. The molecule has 0 bridgehead atoms. The van der Waals surface area contributed by atoms with Gasteiger partial charge in [0.05, 0.1) is 5.03 Å². The number of nitrogens with zero attached hydrogens (tertiary/aromatic N) is 1. The molecule has 1 N–H and O–H groups in total. The number of Topliss-reactive ketones (excluding diaryl/α,β-unsaturated/α-hetero) is 1. The third-order valence-electron chi connectivity index (χ3n) is 1.41. The quantitative estimate of drug-likeness (QED) is 0.406. The topological polar surface area (TPSA) is 70.8 Å². The number of amides is 1. The second kappa shape index (κ2) is 4.04. The van der Waals surface area contributed by atoms with Crippen LogP contribution in [0.1, 0.15) is 10.4 Å². The van der Waals surface area contributed by atoms with Gasteiger partial charge < -0.3 is 0 Å². The van der Waals surface area contributed by atoms with Gasteiger partial charge in [0, 0.05) is 11.8 Å². The highest BCUT2D eigenvalue weighted by molar-refractivity contribution is 7.98. The first kappa shape index (κ1) is 9.73. The van der Waals surface area contributed by atoms with E-state index in [1.165, 1.54) is 24.0 Å². The molecule has 0 saturated heterocycles. The van der Waals surface area contributed by atoms with Crippen molar-refractivity contribution in [2.24, 2.45) is 0 Å². The van der Waals surface area contributed by atoms with Crippen molar-refractivity contribution in [2.45, 2.75) is 5.03 Å². The van der Waals surface area contributed by atoms with Gasteiger partial charge in [0.25, 0.3) is 5.78 Å². The minimum atomic E-state index is -1.21. The van der Waals surface area contributed by atoms with Crippen molar-refractivity contribution < 1.29 is 9.59 Å². The van der Waals surface area contributed by atoms with Gasteiger partial charge >= 0.3 is 5.91 Å². The van der Waals surface area contributed by atoms with Gasteiger partial charge in [-0.25, -0.2) is 4.98 Å². The van der Waals surface area contributed by atoms with Crippen LogP contribution < -0.4 is 5.73 Å². The molecule has 5 heteroatoms. The molecule has 0 spiro atoms. The Balaban J connectivity index is 2.92. The van der Waals surface area contributed by atoms with E-state index in [9.17, 15) is 9.59 Å². The Bertz CT molecular complexity index is 335. The molecule has 0 atom stereocenters. The summed E-state index contributed by atoms with van der Waals surface area (Å²) in [5, 5.41) is 0.772. The Hall–Kier alpha value is -1.36. The SMILES string of the molecule is CSc1ccc(C(=O)C([NH])=O)cn1. The summed E-state index contributed by atoms with van der Waals surface area (Å²) in [5.41, 5.74) is 6.76. The van der Waals surface area contributed by atoms with Crippen molar-refractivity contribution in [3.8, 4) is 0 Å². The van der Waals surface area contributed by atoms with E-state index in [2.05, 4.69) is 4.98 Å². The molecule has 0 saturated carbocycles. The van der Waals surface area contributed by atoms with Crippen LogP contribution >= 0.6 is 11.8 Å². The van der Waals surface area contributed by atoms with Gasteiger partial charge in [-0.3, -0.25) is 15.3 Å². The van der Waals surface area contributed by atoms with E-state index in [1.807, 2.05) is 6.26 Å². The molecule has 1 radical (unpaired) electrons. The number of nitrogens with one attached hydrogen (secondary N) is 1. The largest absolute Gasteiger partial charge is 0.310 e. The molecule has 0 aliphatic carbocycles. The lowest BCUT2D eigenvalue weighted by Gasteiger charge is -1.96. The smallest absolute Gasteiger partial charge is 0.283 e. The van der Waals surface area contributed by atoms with Crippen LogP contribution in [-0.2, 0) is 4.79 Å². The number of aromatic nitrogens is 1. The van der Waals surface area contributed by atoms with Crippen molar-refractivity contribution in [1.29, 1.82) is 0 Å². The molecule has 0 fully saturated rings. The first-order valence-electron chi connectivity index (χ1n) is 3.45. The van der Waals surface area contributed by atoms with Crippen molar-refractivity contribution in [2.75, 3.05) is 6.26 Å². The Labute approximate surface area is 79.5 Å². The molecule has 0 unspecified atom stereocenters. The normalized spacial score (nSPS) is 9.62. The number of hydrogen-bond donors (Lipinski definition) is 0. The number of carbonyl (C=O) groups is 2. The third kappa shape index (κ3) is 2.29. The Kier molecular flexibility index (Phi) is 3.02. The van der Waals surface area contributed by atoms with E-state index in [1.54, 1.807) is 6.07 Å². The Morgan fingerprint density at radius 3 is 2.54 bits per heavy atom. The average Bonchev–Trinajstić information content (AvgIpc) is 2.17. The van der Waals surface area contributed by atoms with Gasteiger partial charge in [-0.05, 0) is 18.4 Å². The van der Waals surface area contributed by atoms with Crippen LogP contribution in [0.25, 0.3) is 0 Å². The van der Waals surface area contributed by atoms with Crippen molar-refractivity contribution in [1.82, 2.24) is 10.7 Å². The van der Waals surface area contributed by atoms with Crippen LogP contribution in [0.4, 0.5) is 0 Å². The zero-order valence-electron chi connectivity index (χ0n) is 6.90. The maximum atomic E-state index is 11.0. The second-order valence-electron chi connectivity index (χ2n) is 2.25. The molecule has 4 nitrogen and oxygen atoms in total. The summed E-state index contributed by atoms with van der Waals surface area (Å²) in [4.78, 5) is 25.3. The van der Waals surface area contributed by atoms with Crippen LogP contribution in [0.5, 0.6) is 0 Å². The molecular weight excluding hydrogens is 188 g/mol. The van der Waals surface area contributed by atoms with Crippen LogP contribution in [-0.4, -0.2) is 22.9 Å². The fourth-order valence-electron chi connectivity index (χ4n) is 0.766. The summed E-state index contributed by atoms with van der Waals surface area (Å²) in [5.74, 6) is -2.03. The van der Waals surface area contributed by atoms with Gasteiger partial charge in [-0.1, -0.05) is 0 Å². The summed E-state index contributed by atoms with van der Waals surface area (Å²) >= 11 is 1.44. The van der Waals surface area contributed by atoms with Crippen LogP contribution in [0, 0.1) is 0 Å². The summed E-state index contributed by atoms with van der Waals surface area (Å²) in [7, 11) is 0. The number of ketones is 1. The van der Waals surface area contributed by atoms with Gasteiger partial charge in [-0.15, -0.1) is 11.8 Å². The predicted octanol–water partition coefficient (Wildman–Crippen LogP) is 0.796. The fourth-order valence-corrected chi connectivity index (χ4v) is 1.13. The summed E-state index contributed by atoms with van der Waals surface area (Å²) in [6.45, 7) is 0. The number of carbonyl (C=O) groups excluding carboxylic acids is 2. The van der Waals surface area contributed by atoms with Crippen LogP contribution in [0.2, 0.25) is 0 Å². The maximum Gasteiger partial charge on any atom is 0.310 e. The number of hydrogen-bond acceptors (Lipinski definition) is 4. The zero-order valence-corrected chi connectivity index (χ0v) is 7.72. The summed E-state index contributed by atoms with van der Waals surface area (Å²) in [6, 6.07) is 3.13. The molecule has 1 aromatic rings. The summed E-state index contributed by atoms with van der Waals surface area (Å²) in [6.07, 6.45) is 3.17. The van der Waals surface area contributed by atoms with Crippen molar-refractivity contribution in [3.05, 3.63) is 23.9 Å². The van der Waals surface area contributed by atoms with Crippen molar-refractivity contribution >= 4 is 23.5 Å². The molecule has 1 amide bonds. The number of pyridine rings is 1. The van der Waals surface area contributed by atoms with Gasteiger partial charge in [-0.2, -0.15) is 0 Å². The summed E-state index contributed by atoms with van der Waals surface area (Å²) < 4.78 is 0. The highest BCUT2D eigenvalue weighted by Gasteiger charge is 2.12. The first-order valence-corrected chi connectivity index (χ1v) is 4.68. The van der Waals surface area contributed by atoms with E-state index < -0.39 is 11.7 Å². The lowest BCUT2D eigenvalue weighted by Crippen LogP contribution is -2.14. The van der Waals surface area contributed by atoms with Gasteiger partial charge in [0.15, 0.2) is 0 Å². The maximum absolute atomic E-state index is 11.0. The van der Waals surface area contributed by atoms with Crippen molar-refractivity contribution in [3.63, 3.8) is 0 Å². The lowest BCUT2D eigenvalue weighted by atomic mass is 10.2. The Morgan fingerprint density at radius 1 is 1.46 bits per heavy atom. The van der Waals surface area contributed by atoms with Gasteiger partial charge in [0.1, 0.15) is 0 Å². The standard InChI is InChI=1S/C8H7N2O2S/c1-13-6-3-2-5(4-10-6)7(11)8(9)12/h2-4,9H,1H3. The average molecular weight is 195 g/mol.